The fourth-order valence-corrected chi connectivity index (χ4v) is 13.6. The van der Waals surface area contributed by atoms with Crippen molar-refractivity contribution in [2.45, 2.75) is 346 Å². The molecule has 4 aromatic rings. The van der Waals surface area contributed by atoms with E-state index in [9.17, 15) is 25.9 Å². The average Bonchev–Trinajstić information content (AvgIpc) is 3.46. The number of aryl methyl sites for hydroxylation is 4. The van der Waals surface area contributed by atoms with Crippen LogP contribution in [-0.2, 0) is 45.9 Å². The van der Waals surface area contributed by atoms with Gasteiger partial charge in [-0.05, 0) is 107 Å². The van der Waals surface area contributed by atoms with Crippen molar-refractivity contribution < 1.29 is 25.9 Å². The van der Waals surface area contributed by atoms with E-state index < -0.39 is 20.2 Å². The van der Waals surface area contributed by atoms with Crippen LogP contribution in [0.3, 0.4) is 0 Å². The topological polar surface area (TPSA) is 114 Å². The number of hydrogen-bond donors (Lipinski definition) is 0. The van der Waals surface area contributed by atoms with Crippen LogP contribution in [0.2, 0.25) is 0 Å². The molecule has 9 heteroatoms. The molecular formula is C72H118CaO6S2. The molecule has 0 N–H and O–H groups in total. The predicted molar refractivity (Wildman–Crippen MR) is 350 cm³/mol. The molecule has 0 bridgehead atoms. The second-order valence-corrected chi connectivity index (χ2v) is 26.9. The van der Waals surface area contributed by atoms with Gasteiger partial charge in [-0.1, -0.05) is 333 Å². The molecule has 0 aliphatic carbocycles. The number of rotatable bonds is 50. The van der Waals surface area contributed by atoms with Crippen molar-refractivity contribution in [2.24, 2.45) is 0 Å². The minimum Gasteiger partial charge on any atom is -0.744 e. The fourth-order valence-electron chi connectivity index (χ4n) is 12.1. The number of unbranched alkanes of at least 4 members (excludes halogenated alkanes) is 40. The van der Waals surface area contributed by atoms with Crippen molar-refractivity contribution in [3.8, 4) is 0 Å². The third kappa shape index (κ3) is 35.0. The third-order valence-electron chi connectivity index (χ3n) is 17.0. The van der Waals surface area contributed by atoms with Gasteiger partial charge >= 0.3 is 37.7 Å². The summed E-state index contributed by atoms with van der Waals surface area (Å²) in [4.78, 5) is -0.0459. The molecule has 0 saturated carbocycles. The first-order chi connectivity index (χ1) is 38.9. The van der Waals surface area contributed by atoms with Crippen LogP contribution in [0.4, 0.5) is 0 Å². The van der Waals surface area contributed by atoms with Crippen molar-refractivity contribution in [3.63, 3.8) is 0 Å². The number of fused-ring (bicyclic) bond motifs is 2. The van der Waals surface area contributed by atoms with Crippen molar-refractivity contribution in [1.82, 2.24) is 0 Å². The van der Waals surface area contributed by atoms with E-state index in [4.69, 9.17) is 0 Å². The Kier molecular flexibility index (Phi) is 45.3. The summed E-state index contributed by atoms with van der Waals surface area (Å²) in [5, 5.41) is 4.00. The van der Waals surface area contributed by atoms with E-state index in [1.54, 1.807) is 12.1 Å². The normalized spacial score (nSPS) is 11.8. The Morgan fingerprint density at radius 2 is 0.481 bits per heavy atom. The molecule has 0 unspecified atom stereocenters. The van der Waals surface area contributed by atoms with Crippen LogP contribution in [0.25, 0.3) is 21.5 Å². The molecule has 0 aromatic heterocycles. The predicted octanol–water partition coefficient (Wildman–Crippen LogP) is 22.5. The van der Waals surface area contributed by atoms with Crippen LogP contribution in [0.1, 0.15) is 332 Å². The van der Waals surface area contributed by atoms with Crippen molar-refractivity contribution in [3.05, 3.63) is 82.9 Å². The summed E-state index contributed by atoms with van der Waals surface area (Å²) in [5.74, 6) is 0. The molecule has 0 aliphatic rings. The van der Waals surface area contributed by atoms with Crippen LogP contribution in [-0.4, -0.2) is 63.7 Å². The molecule has 0 amide bonds. The zero-order valence-corrected chi connectivity index (χ0v) is 56.5. The zero-order chi connectivity index (χ0) is 57.8. The maximum Gasteiger partial charge on any atom is 2.00 e. The second kappa shape index (κ2) is 48.6. The van der Waals surface area contributed by atoms with Gasteiger partial charge in [-0.2, -0.15) is 0 Å². The average molecular weight is 1180 g/mol. The summed E-state index contributed by atoms with van der Waals surface area (Å²) in [5.41, 5.74) is 4.07. The fraction of sp³-hybridized carbons (Fsp3) is 0.722. The standard InChI is InChI=1S/2C36H60O3S.Ca/c2*1-3-5-7-9-11-13-15-17-19-21-23-25-32-27-29-34-33(31-32)28-30-36(40(37,38)39)35(34)26-24-22-20-18-16-14-12-10-8-6-4-2;/h2*27-31H,3-26H2,1-2H3,(H,37,38,39);/q;;+2/p-2. The smallest absolute Gasteiger partial charge is 0.744 e. The first-order valence-corrected chi connectivity index (χ1v) is 36.8. The van der Waals surface area contributed by atoms with Gasteiger partial charge in [-0.15, -0.1) is 0 Å². The quantitative estimate of drug-likeness (QED) is 0.0247. The van der Waals surface area contributed by atoms with Crippen molar-refractivity contribution in [2.75, 3.05) is 0 Å². The summed E-state index contributed by atoms with van der Waals surface area (Å²) in [7, 11) is -8.97. The molecule has 0 aliphatic heterocycles. The van der Waals surface area contributed by atoms with Crippen LogP contribution in [0, 0.1) is 0 Å². The Bertz CT molecular complexity index is 2230. The molecule has 81 heavy (non-hydrogen) atoms. The number of benzene rings is 4. The van der Waals surface area contributed by atoms with E-state index in [0.29, 0.717) is 12.8 Å². The Balaban J connectivity index is 0.000000547. The van der Waals surface area contributed by atoms with E-state index in [2.05, 4.69) is 64.1 Å². The summed E-state index contributed by atoms with van der Waals surface area (Å²) >= 11 is 0. The maximum absolute atomic E-state index is 12.0. The Morgan fingerprint density at radius 3 is 0.704 bits per heavy atom. The Hall–Kier alpha value is -1.52. The summed E-state index contributed by atoms with van der Waals surface area (Å²) in [6.07, 6.45) is 60.6. The maximum atomic E-state index is 12.0. The molecule has 6 nitrogen and oxygen atoms in total. The van der Waals surface area contributed by atoms with Crippen LogP contribution in [0.5, 0.6) is 0 Å². The molecule has 0 fully saturated rings. The van der Waals surface area contributed by atoms with Gasteiger partial charge in [0.25, 0.3) is 0 Å². The number of hydrogen-bond acceptors (Lipinski definition) is 6. The van der Waals surface area contributed by atoms with Crippen LogP contribution >= 0.6 is 0 Å². The van der Waals surface area contributed by atoms with Gasteiger partial charge in [0.15, 0.2) is 0 Å². The van der Waals surface area contributed by atoms with Gasteiger partial charge in [-0.3, -0.25) is 0 Å². The van der Waals surface area contributed by atoms with E-state index in [1.807, 2.05) is 12.1 Å². The molecule has 0 spiro atoms. The van der Waals surface area contributed by atoms with Crippen LogP contribution in [0.15, 0.2) is 70.5 Å². The van der Waals surface area contributed by atoms with E-state index in [-0.39, 0.29) is 47.5 Å². The van der Waals surface area contributed by atoms with Gasteiger partial charge in [0.05, 0.1) is 9.79 Å². The Labute approximate surface area is 529 Å². The molecule has 4 rings (SSSR count). The Morgan fingerprint density at radius 1 is 0.272 bits per heavy atom. The molecule has 0 radical (unpaired) electrons. The van der Waals surface area contributed by atoms with Crippen LogP contribution < -0.4 is 0 Å². The summed E-state index contributed by atoms with van der Waals surface area (Å²) in [6, 6.07) is 19.6. The molecule has 0 atom stereocenters. The summed E-state index contributed by atoms with van der Waals surface area (Å²) < 4.78 is 72.2. The molecule has 4 aromatic carbocycles. The van der Waals surface area contributed by atoms with Gasteiger partial charge in [0.2, 0.25) is 0 Å². The minimum atomic E-state index is -4.48. The van der Waals surface area contributed by atoms with Gasteiger partial charge < -0.3 is 9.11 Å². The monoisotopic (exact) mass is 1180 g/mol. The minimum absolute atomic E-state index is 0. The molecule has 0 heterocycles. The first kappa shape index (κ1) is 75.6. The second-order valence-electron chi connectivity index (χ2n) is 24.2. The first-order valence-electron chi connectivity index (χ1n) is 33.9. The molecular weight excluding hydrogens is 1060 g/mol. The van der Waals surface area contributed by atoms with E-state index >= 15 is 0 Å². The molecule has 456 valence electrons. The van der Waals surface area contributed by atoms with Crippen molar-refractivity contribution >= 4 is 79.5 Å². The third-order valence-corrected chi connectivity index (χ3v) is 18.9. The van der Waals surface area contributed by atoms with Crippen molar-refractivity contribution in [1.29, 1.82) is 0 Å². The zero-order valence-electron chi connectivity index (χ0n) is 52.7. The van der Waals surface area contributed by atoms with Gasteiger partial charge in [0.1, 0.15) is 20.2 Å². The molecule has 0 saturated heterocycles. The SMILES string of the molecule is CCCCCCCCCCCCCc1ccc2c(CCCCCCCCCCCCC)c(S(=O)(=O)[O-])ccc2c1.CCCCCCCCCCCCCc1ccc2c(CCCCCCCCCCCCC)c(S(=O)(=O)[O-])ccc2c1.[Ca+2]. The van der Waals surface area contributed by atoms with Gasteiger partial charge in [-0.25, -0.2) is 16.8 Å². The summed E-state index contributed by atoms with van der Waals surface area (Å²) in [6.45, 7) is 9.05. The van der Waals surface area contributed by atoms with E-state index in [1.165, 1.54) is 268 Å². The van der Waals surface area contributed by atoms with E-state index in [0.717, 1.165) is 71.2 Å². The van der Waals surface area contributed by atoms with Gasteiger partial charge in [0, 0.05) is 0 Å². The largest absolute Gasteiger partial charge is 2.00 e.